The van der Waals surface area contributed by atoms with Crippen molar-refractivity contribution in [2.24, 2.45) is 5.41 Å². The van der Waals surface area contributed by atoms with Gasteiger partial charge in [0, 0.05) is 0 Å². The first kappa shape index (κ1) is 18.6. The molecule has 0 saturated carbocycles. The van der Waals surface area contributed by atoms with E-state index in [4.69, 9.17) is 8.23 Å². The average molecular weight is 307 g/mol. The highest BCUT2D eigenvalue weighted by molar-refractivity contribution is 6.87. The summed E-state index contributed by atoms with van der Waals surface area (Å²) in [6.07, 6.45) is 1.19. The molecule has 0 aliphatic carbocycles. The molecule has 0 spiro atoms. The quantitative estimate of drug-likeness (QED) is 0.628. The fourth-order valence-corrected chi connectivity index (χ4v) is 14.9. The number of rotatable bonds is 6. The first-order chi connectivity index (χ1) is 7.62. The summed E-state index contributed by atoms with van der Waals surface area (Å²) in [6, 6.07) is 1.12. The summed E-state index contributed by atoms with van der Waals surface area (Å²) in [5.74, 6) is 0. The van der Waals surface area contributed by atoms with E-state index in [0.29, 0.717) is 5.41 Å². The van der Waals surface area contributed by atoms with Crippen LogP contribution in [0.2, 0.25) is 51.9 Å². The van der Waals surface area contributed by atoms with Crippen LogP contribution >= 0.6 is 0 Å². The van der Waals surface area contributed by atoms with Gasteiger partial charge in [-0.2, -0.15) is 0 Å². The summed E-state index contributed by atoms with van der Waals surface area (Å²) in [4.78, 5) is 0. The van der Waals surface area contributed by atoms with Gasteiger partial charge < -0.3 is 8.23 Å². The molecule has 0 rings (SSSR count). The van der Waals surface area contributed by atoms with Gasteiger partial charge >= 0.3 is 8.56 Å². The van der Waals surface area contributed by atoms with Crippen LogP contribution in [0.25, 0.3) is 0 Å². The minimum atomic E-state index is -2.01. The topological polar surface area (TPSA) is 18.5 Å². The lowest BCUT2D eigenvalue weighted by Gasteiger charge is -2.39. The van der Waals surface area contributed by atoms with Crippen LogP contribution in [0.5, 0.6) is 0 Å². The normalized spacial score (nSPS) is 15.0. The molecule has 0 amide bonds. The molecule has 0 atom stereocenters. The molecule has 0 aliphatic heterocycles. The molecular weight excluding hydrogens is 272 g/mol. The van der Waals surface area contributed by atoms with Gasteiger partial charge in [0.1, 0.15) is 0 Å². The van der Waals surface area contributed by atoms with Gasteiger partial charge in [0.25, 0.3) is 0 Å². The van der Waals surface area contributed by atoms with Gasteiger partial charge in [-0.1, -0.05) is 20.8 Å². The highest BCUT2D eigenvalue weighted by atomic mass is 28.5. The van der Waals surface area contributed by atoms with Crippen molar-refractivity contribution in [2.45, 2.75) is 79.1 Å². The van der Waals surface area contributed by atoms with E-state index >= 15 is 0 Å². The van der Waals surface area contributed by atoms with Crippen molar-refractivity contribution in [3.8, 4) is 0 Å². The molecule has 5 heteroatoms. The van der Waals surface area contributed by atoms with E-state index in [-0.39, 0.29) is 0 Å². The first-order valence-corrected chi connectivity index (χ1v) is 16.4. The van der Waals surface area contributed by atoms with Crippen LogP contribution in [-0.2, 0) is 8.23 Å². The van der Waals surface area contributed by atoms with E-state index in [1.165, 1.54) is 6.42 Å². The molecule has 0 aromatic heterocycles. The second kappa shape index (κ2) is 5.91. The van der Waals surface area contributed by atoms with Gasteiger partial charge in [-0.3, -0.25) is 0 Å². The van der Waals surface area contributed by atoms with Crippen LogP contribution in [0.4, 0.5) is 0 Å². The predicted octanol–water partition coefficient (Wildman–Crippen LogP) is 5.20. The molecule has 0 bridgehead atoms. The second-order valence-electron chi connectivity index (χ2n) is 8.62. The van der Waals surface area contributed by atoms with Crippen molar-refractivity contribution in [1.82, 2.24) is 0 Å². The van der Waals surface area contributed by atoms with Gasteiger partial charge in [0.05, 0.1) is 0 Å². The van der Waals surface area contributed by atoms with E-state index in [9.17, 15) is 0 Å². The van der Waals surface area contributed by atoms with Crippen LogP contribution in [-0.4, -0.2) is 25.2 Å². The molecule has 0 aromatic rings. The Morgan fingerprint density at radius 1 is 0.722 bits per heavy atom. The summed E-state index contributed by atoms with van der Waals surface area (Å²) >= 11 is 0. The molecule has 2 nitrogen and oxygen atoms in total. The molecule has 110 valence electrons. The van der Waals surface area contributed by atoms with Crippen molar-refractivity contribution in [1.29, 1.82) is 0 Å². The third-order valence-corrected chi connectivity index (χ3v) is 11.9. The van der Waals surface area contributed by atoms with E-state index in [1.807, 2.05) is 0 Å². The van der Waals surface area contributed by atoms with Crippen molar-refractivity contribution < 1.29 is 8.23 Å². The lowest BCUT2D eigenvalue weighted by molar-refractivity contribution is 0.343. The largest absolute Gasteiger partial charge is 0.437 e. The lowest BCUT2D eigenvalue weighted by atomic mass is 9.94. The zero-order valence-electron chi connectivity index (χ0n) is 14.2. The Labute approximate surface area is 118 Å². The van der Waals surface area contributed by atoms with E-state index in [0.717, 1.165) is 6.04 Å². The summed E-state index contributed by atoms with van der Waals surface area (Å²) in [5, 5.41) is 0. The molecule has 0 aliphatic rings. The molecule has 0 heterocycles. The van der Waals surface area contributed by atoms with Gasteiger partial charge in [-0.25, -0.2) is 0 Å². The molecule has 18 heavy (non-hydrogen) atoms. The zero-order chi connectivity index (χ0) is 14.8. The third kappa shape index (κ3) is 10.5. The van der Waals surface area contributed by atoms with Crippen LogP contribution in [0.1, 0.15) is 27.2 Å². The molecule has 0 aromatic carbocycles. The first-order valence-electron chi connectivity index (χ1n) is 7.02. The molecule has 0 radical (unpaired) electrons. The zero-order valence-corrected chi connectivity index (χ0v) is 17.2. The third-order valence-electron chi connectivity index (χ3n) is 2.37. The Kier molecular flexibility index (Phi) is 6.10. The monoisotopic (exact) mass is 306 g/mol. The Bertz CT molecular complexity index is 243. The number of hydrogen-bond acceptors (Lipinski definition) is 2. The minimum absolute atomic E-state index is 0.361. The Morgan fingerprint density at radius 2 is 1.06 bits per heavy atom. The van der Waals surface area contributed by atoms with Crippen molar-refractivity contribution in [3.05, 3.63) is 0 Å². The van der Waals surface area contributed by atoms with Crippen molar-refractivity contribution in [3.63, 3.8) is 0 Å². The van der Waals surface area contributed by atoms with E-state index < -0.39 is 25.2 Å². The second-order valence-corrected chi connectivity index (χ2v) is 21.5. The summed E-state index contributed by atoms with van der Waals surface area (Å²) in [5.41, 5.74) is 0.361. The van der Waals surface area contributed by atoms with Crippen LogP contribution in [0, 0.1) is 5.41 Å². The van der Waals surface area contributed by atoms with Crippen LogP contribution < -0.4 is 0 Å². The average Bonchev–Trinajstić information content (AvgIpc) is 1.91. The maximum atomic E-state index is 6.49. The Hall–Kier alpha value is 0.571. The Morgan fingerprint density at radius 3 is 1.28 bits per heavy atom. The van der Waals surface area contributed by atoms with Gasteiger partial charge in [0.2, 0.25) is 0 Å². The fourth-order valence-electron chi connectivity index (χ4n) is 2.02. The van der Waals surface area contributed by atoms with Crippen molar-refractivity contribution >= 4 is 25.2 Å². The van der Waals surface area contributed by atoms with Crippen molar-refractivity contribution in [2.75, 3.05) is 0 Å². The smallest absolute Gasteiger partial charge is 0.314 e. The summed E-state index contributed by atoms with van der Waals surface area (Å²) in [6.45, 7) is 22.8. The maximum Gasteiger partial charge on any atom is 0.314 e. The molecule has 0 saturated heterocycles. The SMILES string of the molecule is CC(C)(C)CC[Si](C)(O[Si](C)(C)C)O[Si](C)(C)C. The highest BCUT2D eigenvalue weighted by Crippen LogP contribution is 2.30. The van der Waals surface area contributed by atoms with Gasteiger partial charge in [-0.15, -0.1) is 0 Å². The van der Waals surface area contributed by atoms with Gasteiger partial charge in [-0.05, 0) is 63.7 Å². The number of hydrogen-bond donors (Lipinski definition) is 0. The lowest BCUT2D eigenvalue weighted by Crippen LogP contribution is -2.52. The standard InChI is InChI=1S/C13H34O2Si3/c1-13(2,3)11-12-18(10,14-16(4,5)6)15-17(7,8)9/h11-12H2,1-10H3. The van der Waals surface area contributed by atoms with Crippen LogP contribution in [0.3, 0.4) is 0 Å². The summed E-state index contributed by atoms with van der Waals surface area (Å²) in [7, 11) is -5.07. The maximum absolute atomic E-state index is 6.49. The molecule has 0 unspecified atom stereocenters. The van der Waals surface area contributed by atoms with E-state index in [1.54, 1.807) is 0 Å². The molecule has 0 N–H and O–H groups in total. The Balaban J connectivity index is 4.81. The predicted molar refractivity (Wildman–Crippen MR) is 89.4 cm³/mol. The van der Waals surface area contributed by atoms with E-state index in [2.05, 4.69) is 66.6 Å². The fraction of sp³-hybridized carbons (Fsp3) is 1.00. The molecular formula is C13H34O2Si3. The van der Waals surface area contributed by atoms with Crippen LogP contribution in [0.15, 0.2) is 0 Å². The summed E-state index contributed by atoms with van der Waals surface area (Å²) < 4.78 is 13.0. The van der Waals surface area contributed by atoms with Gasteiger partial charge in [0.15, 0.2) is 16.6 Å². The highest BCUT2D eigenvalue weighted by Gasteiger charge is 2.40. The minimum Gasteiger partial charge on any atom is -0.437 e. The molecule has 0 fully saturated rings.